The van der Waals surface area contributed by atoms with E-state index in [1.807, 2.05) is 0 Å². The third kappa shape index (κ3) is 5.12. The van der Waals surface area contributed by atoms with Crippen LogP contribution >= 0.6 is 11.6 Å². The molecule has 4 amide bonds. The van der Waals surface area contributed by atoms with Crippen LogP contribution < -0.4 is 9.80 Å². The topological polar surface area (TPSA) is 101 Å². The van der Waals surface area contributed by atoms with E-state index in [1.54, 1.807) is 0 Å². The molecule has 0 spiro atoms. The Morgan fingerprint density at radius 1 is 1.18 bits per heavy atom. The highest BCUT2D eigenvalue weighted by atomic mass is 35.5. The van der Waals surface area contributed by atoms with Crippen LogP contribution in [0.3, 0.4) is 0 Å². The fraction of sp³-hybridized carbons (Fsp3) is 0.375. The van der Waals surface area contributed by atoms with Gasteiger partial charge in [0, 0.05) is 14.1 Å². The minimum absolute atomic E-state index is 0.380. The lowest BCUT2D eigenvalue weighted by molar-refractivity contribution is -0.136. The normalized spacial score (nSPS) is 16.2. The SMILES string of the molecule is CN(C(=O)[C@@H]1CN(C(=O)OC(C)(C)C)C(=O)N1c1cc(C(F)(F)F)c2c(ncn2C)n1)c1ccc(F)c(Cl)c1F. The van der Waals surface area contributed by atoms with Crippen LogP contribution in [-0.4, -0.2) is 62.7 Å². The number of imide groups is 1. The van der Waals surface area contributed by atoms with Crippen molar-refractivity contribution in [1.29, 1.82) is 0 Å². The number of hydrogen-bond donors (Lipinski definition) is 0. The Kier molecular flexibility index (Phi) is 7.15. The minimum atomic E-state index is -4.92. The van der Waals surface area contributed by atoms with Gasteiger partial charge in [-0.15, -0.1) is 0 Å². The number of fused-ring (bicyclic) bond motifs is 1. The number of hydrogen-bond acceptors (Lipinski definition) is 6. The number of likely N-dealkylation sites (N-methyl/N-ethyl adjacent to an activating group) is 1. The lowest BCUT2D eigenvalue weighted by Crippen LogP contribution is -2.47. The summed E-state index contributed by atoms with van der Waals surface area (Å²) in [6.45, 7) is 3.88. The number of imidazole rings is 1. The number of anilines is 2. The maximum absolute atomic E-state index is 14.7. The summed E-state index contributed by atoms with van der Waals surface area (Å²) in [6.07, 6.45) is -5.00. The summed E-state index contributed by atoms with van der Waals surface area (Å²) >= 11 is 5.64. The standard InChI is InChI=1S/C24H22ClF5N6O4/c1-23(2,3)40-22(39)35-9-14(20(37)34(5)13-7-6-12(26)16(25)17(13)27)36(21(35)38)15-8-11(24(28,29)30)18-19(32-15)31-10-33(18)4/h6-8,10,14H,9H2,1-5H3/t14-/m0/s1. The van der Waals surface area contributed by atoms with Crippen molar-refractivity contribution in [2.75, 3.05) is 23.4 Å². The van der Waals surface area contributed by atoms with E-state index in [0.29, 0.717) is 20.8 Å². The number of pyridine rings is 1. The monoisotopic (exact) mass is 588 g/mol. The third-order valence-corrected chi connectivity index (χ3v) is 6.28. The Balaban J connectivity index is 1.85. The van der Waals surface area contributed by atoms with Gasteiger partial charge in [-0.25, -0.2) is 33.2 Å². The molecule has 1 aromatic carbocycles. The minimum Gasteiger partial charge on any atom is -0.443 e. The fourth-order valence-electron chi connectivity index (χ4n) is 4.12. The Morgan fingerprint density at radius 3 is 2.42 bits per heavy atom. The maximum atomic E-state index is 14.7. The van der Waals surface area contributed by atoms with Crippen LogP contribution in [0.15, 0.2) is 24.5 Å². The average Bonchev–Trinajstić information content (AvgIpc) is 3.39. The molecule has 10 nitrogen and oxygen atoms in total. The summed E-state index contributed by atoms with van der Waals surface area (Å²) in [5.74, 6) is -4.06. The molecule has 0 aliphatic carbocycles. The number of carbonyl (C=O) groups excluding carboxylic acids is 3. The summed E-state index contributed by atoms with van der Waals surface area (Å²) in [6, 6.07) is -0.629. The highest BCUT2D eigenvalue weighted by Gasteiger charge is 2.49. The third-order valence-electron chi connectivity index (χ3n) is 5.93. The van der Waals surface area contributed by atoms with E-state index in [4.69, 9.17) is 16.3 Å². The molecule has 1 fully saturated rings. The van der Waals surface area contributed by atoms with Crippen LogP contribution in [0.25, 0.3) is 11.2 Å². The first-order valence-electron chi connectivity index (χ1n) is 11.6. The van der Waals surface area contributed by atoms with Crippen molar-refractivity contribution in [3.63, 3.8) is 0 Å². The zero-order valence-electron chi connectivity index (χ0n) is 21.7. The molecule has 40 heavy (non-hydrogen) atoms. The summed E-state index contributed by atoms with van der Waals surface area (Å²) in [4.78, 5) is 49.6. The predicted molar refractivity (Wildman–Crippen MR) is 133 cm³/mol. The second-order valence-corrected chi connectivity index (χ2v) is 10.3. The van der Waals surface area contributed by atoms with Gasteiger partial charge >= 0.3 is 18.3 Å². The van der Waals surface area contributed by atoms with E-state index >= 15 is 0 Å². The zero-order valence-corrected chi connectivity index (χ0v) is 22.4. The number of alkyl halides is 3. The molecule has 0 saturated carbocycles. The van der Waals surface area contributed by atoms with Crippen molar-refractivity contribution in [3.8, 4) is 0 Å². The highest BCUT2D eigenvalue weighted by Crippen LogP contribution is 2.38. The van der Waals surface area contributed by atoms with Gasteiger partial charge in [-0.2, -0.15) is 13.2 Å². The summed E-state index contributed by atoms with van der Waals surface area (Å²) < 4.78 is 76.9. The molecule has 0 bridgehead atoms. The second-order valence-electron chi connectivity index (χ2n) is 9.90. The lowest BCUT2D eigenvalue weighted by atomic mass is 10.1. The van der Waals surface area contributed by atoms with E-state index in [0.717, 1.165) is 30.1 Å². The van der Waals surface area contributed by atoms with Crippen molar-refractivity contribution in [2.45, 2.75) is 38.6 Å². The van der Waals surface area contributed by atoms with Gasteiger partial charge in [-0.05, 0) is 39.0 Å². The quantitative estimate of drug-likeness (QED) is 0.311. The van der Waals surface area contributed by atoms with Crippen LogP contribution in [0.1, 0.15) is 26.3 Å². The first kappa shape index (κ1) is 29.0. The molecule has 214 valence electrons. The number of amides is 4. The van der Waals surface area contributed by atoms with Crippen molar-refractivity contribution in [1.82, 2.24) is 19.4 Å². The van der Waals surface area contributed by atoms with Crippen LogP contribution in [0, 0.1) is 11.6 Å². The number of nitrogens with zero attached hydrogens (tertiary/aromatic N) is 6. The number of aryl methyl sites for hydroxylation is 1. The molecular formula is C24H22ClF5N6O4. The summed E-state index contributed by atoms with van der Waals surface area (Å²) in [5.41, 5.74) is -3.51. The van der Waals surface area contributed by atoms with Gasteiger partial charge in [-0.1, -0.05) is 11.6 Å². The molecule has 0 N–H and O–H groups in total. The smallest absolute Gasteiger partial charge is 0.418 e. The molecule has 2 aromatic heterocycles. The Labute approximate surface area is 228 Å². The zero-order chi connectivity index (χ0) is 29.9. The van der Waals surface area contributed by atoms with Gasteiger partial charge in [0.1, 0.15) is 28.3 Å². The second kappa shape index (κ2) is 9.87. The first-order valence-corrected chi connectivity index (χ1v) is 11.9. The predicted octanol–water partition coefficient (Wildman–Crippen LogP) is 5.13. The van der Waals surface area contributed by atoms with E-state index in [-0.39, 0.29) is 11.2 Å². The van der Waals surface area contributed by atoms with E-state index in [2.05, 4.69) is 9.97 Å². The number of rotatable bonds is 3. The Bertz CT molecular complexity index is 1540. The number of urea groups is 1. The molecule has 0 unspecified atom stereocenters. The highest BCUT2D eigenvalue weighted by molar-refractivity contribution is 6.31. The van der Waals surface area contributed by atoms with Gasteiger partial charge < -0.3 is 14.2 Å². The molecule has 1 aliphatic rings. The van der Waals surface area contributed by atoms with E-state index in [9.17, 15) is 36.3 Å². The number of halogens is 6. The maximum Gasteiger partial charge on any atom is 0.418 e. The molecular weight excluding hydrogens is 567 g/mol. The summed E-state index contributed by atoms with van der Waals surface area (Å²) in [7, 11) is 2.41. The van der Waals surface area contributed by atoms with Gasteiger partial charge in [-0.3, -0.25) is 9.69 Å². The van der Waals surface area contributed by atoms with Crippen molar-refractivity contribution in [2.24, 2.45) is 7.05 Å². The Morgan fingerprint density at radius 2 is 1.82 bits per heavy atom. The molecule has 3 heterocycles. The van der Waals surface area contributed by atoms with Gasteiger partial charge in [0.15, 0.2) is 11.5 Å². The Hall–Kier alpha value is -4.01. The molecule has 3 aromatic rings. The lowest BCUT2D eigenvalue weighted by Gasteiger charge is -2.27. The molecule has 16 heteroatoms. The molecule has 4 rings (SSSR count). The largest absolute Gasteiger partial charge is 0.443 e. The number of benzene rings is 1. The molecule has 1 atom stereocenters. The molecule has 1 aliphatic heterocycles. The van der Waals surface area contributed by atoms with Gasteiger partial charge in [0.05, 0.1) is 29.6 Å². The summed E-state index contributed by atoms with van der Waals surface area (Å²) in [5, 5.41) is -0.899. The van der Waals surface area contributed by atoms with Crippen LogP contribution in [0.2, 0.25) is 5.02 Å². The van der Waals surface area contributed by atoms with Crippen molar-refractivity contribution >= 4 is 52.3 Å². The van der Waals surface area contributed by atoms with Crippen molar-refractivity contribution in [3.05, 3.63) is 46.7 Å². The van der Waals surface area contributed by atoms with Crippen LogP contribution in [0.5, 0.6) is 0 Å². The van der Waals surface area contributed by atoms with Crippen LogP contribution in [-0.2, 0) is 22.8 Å². The van der Waals surface area contributed by atoms with E-state index in [1.165, 1.54) is 27.8 Å². The van der Waals surface area contributed by atoms with Crippen molar-refractivity contribution < 1.29 is 41.1 Å². The van der Waals surface area contributed by atoms with Gasteiger partial charge in [0.2, 0.25) is 0 Å². The van der Waals surface area contributed by atoms with Crippen LogP contribution in [0.4, 0.5) is 43.0 Å². The number of ether oxygens (including phenoxy) is 1. The first-order chi connectivity index (χ1) is 18.4. The molecule has 1 saturated heterocycles. The number of carbonyl (C=O) groups is 3. The average molecular weight is 589 g/mol. The van der Waals surface area contributed by atoms with E-state index < -0.39 is 76.1 Å². The van der Waals surface area contributed by atoms with Gasteiger partial charge in [0.25, 0.3) is 5.91 Å². The molecule has 0 radical (unpaired) electrons. The fourth-order valence-corrected chi connectivity index (χ4v) is 4.28. The number of aromatic nitrogens is 3.